The van der Waals surface area contributed by atoms with Gasteiger partial charge in [-0.15, -0.1) is 9.24 Å². The lowest BCUT2D eigenvalue weighted by Gasteiger charge is -2.12. The lowest BCUT2D eigenvalue weighted by atomic mass is 9.97. The maximum atomic E-state index is 9.05. The zero-order chi connectivity index (χ0) is 13.3. The molecule has 0 aliphatic rings. The number of nitrogens with zero attached hydrogens (tertiary/aromatic N) is 1. The van der Waals surface area contributed by atoms with Crippen molar-refractivity contribution in [3.8, 4) is 6.07 Å². The quantitative estimate of drug-likeness (QED) is 0.623. The molecule has 0 heterocycles. The van der Waals surface area contributed by atoms with Crippen molar-refractivity contribution < 1.29 is 0 Å². The van der Waals surface area contributed by atoms with Gasteiger partial charge in [0.2, 0.25) is 0 Å². The van der Waals surface area contributed by atoms with Gasteiger partial charge in [0.05, 0.1) is 6.07 Å². The lowest BCUT2D eigenvalue weighted by Crippen LogP contribution is -2.39. The summed E-state index contributed by atoms with van der Waals surface area (Å²) in [5.74, 6) is 0.319. The second-order valence-corrected chi connectivity index (χ2v) is 4.81. The largest absolute Gasteiger partial charge is 0.385 e. The minimum absolute atomic E-state index is 0.319. The van der Waals surface area contributed by atoms with Gasteiger partial charge in [0.15, 0.2) is 0 Å². The first-order valence-electron chi connectivity index (χ1n) is 5.34. The summed E-state index contributed by atoms with van der Waals surface area (Å²) >= 11 is 0. The number of benzene rings is 1. The summed E-state index contributed by atoms with van der Waals surface area (Å²) in [6.45, 7) is 7.78. The molecule has 0 aromatic heterocycles. The van der Waals surface area contributed by atoms with Crippen LogP contribution in [0, 0.1) is 32.1 Å². The minimum Gasteiger partial charge on any atom is -0.385 e. The third-order valence-corrected chi connectivity index (χ3v) is 3.91. The van der Waals surface area contributed by atoms with E-state index in [9.17, 15) is 0 Å². The maximum absolute atomic E-state index is 9.05. The van der Waals surface area contributed by atoms with Gasteiger partial charge in [-0.3, -0.25) is 0 Å². The first-order valence-corrected chi connectivity index (χ1v) is 5.92. The molecule has 17 heavy (non-hydrogen) atoms. The van der Waals surface area contributed by atoms with Crippen molar-refractivity contribution in [1.29, 1.82) is 5.26 Å². The van der Waals surface area contributed by atoms with Crippen molar-refractivity contribution in [2.45, 2.75) is 27.7 Å². The number of hydrogen-bond acceptors (Lipinski definition) is 3. The third-order valence-electron chi connectivity index (χ3n) is 3.19. The Morgan fingerprint density at radius 3 is 1.94 bits per heavy atom. The predicted octanol–water partition coefficient (Wildman–Crippen LogP) is -0.210. The van der Waals surface area contributed by atoms with Gasteiger partial charge in [0.25, 0.3) is 0 Å². The molecule has 1 aromatic carbocycles. The smallest absolute Gasteiger partial charge is 0.102 e. The summed E-state index contributed by atoms with van der Waals surface area (Å²) in [5, 5.41) is 11.9. The van der Waals surface area contributed by atoms with Crippen molar-refractivity contribution in [2.75, 3.05) is 0 Å². The van der Waals surface area contributed by atoms with Crippen LogP contribution in [0.25, 0.3) is 11.4 Å². The Balaban J connectivity index is 4.16. The highest BCUT2D eigenvalue weighted by Crippen LogP contribution is 2.02. The van der Waals surface area contributed by atoms with E-state index >= 15 is 0 Å². The van der Waals surface area contributed by atoms with Crippen molar-refractivity contribution in [1.82, 2.24) is 0 Å². The molecule has 0 spiro atoms. The van der Waals surface area contributed by atoms with Crippen LogP contribution in [0.5, 0.6) is 0 Å². The van der Waals surface area contributed by atoms with Crippen molar-refractivity contribution in [2.24, 2.45) is 11.5 Å². The van der Waals surface area contributed by atoms with E-state index in [0.29, 0.717) is 11.4 Å². The molecule has 0 aliphatic carbocycles. The van der Waals surface area contributed by atoms with E-state index in [1.165, 1.54) is 0 Å². The fraction of sp³-hybridized carbons (Fsp3) is 0.308. The number of rotatable bonds is 0. The molecular weight excluding hydrogens is 229 g/mol. The maximum Gasteiger partial charge on any atom is 0.102 e. The fourth-order valence-corrected chi connectivity index (χ4v) is 2.70. The molecule has 1 atom stereocenters. The van der Waals surface area contributed by atoms with Crippen molar-refractivity contribution in [3.05, 3.63) is 27.1 Å². The molecule has 1 unspecified atom stereocenters. The molecule has 3 nitrogen and oxygen atoms in total. The predicted molar refractivity (Wildman–Crippen MR) is 75.7 cm³/mol. The van der Waals surface area contributed by atoms with Crippen molar-refractivity contribution >= 4 is 25.9 Å². The normalized spacial score (nSPS) is 12.0. The van der Waals surface area contributed by atoms with Gasteiger partial charge in [-0.05, 0) is 54.9 Å². The van der Waals surface area contributed by atoms with Gasteiger partial charge >= 0.3 is 0 Å². The Morgan fingerprint density at radius 2 is 1.53 bits per heavy atom. The standard InChI is InChI=1S/C13H18N3P/c1-6(5-14)10-7(2)8(3)11(13(15)16)12(17)9(10)4/h15-17H2,1-4H3/b10-6-. The number of nitriles is 1. The van der Waals surface area contributed by atoms with E-state index < -0.39 is 0 Å². The van der Waals surface area contributed by atoms with Crippen LogP contribution in [-0.4, -0.2) is 0 Å². The summed E-state index contributed by atoms with van der Waals surface area (Å²) in [6, 6.07) is 2.20. The van der Waals surface area contributed by atoms with Crippen LogP contribution in [0.1, 0.15) is 23.6 Å². The molecular formula is C13H18N3P. The average Bonchev–Trinajstić information content (AvgIpc) is 2.26. The van der Waals surface area contributed by atoms with Gasteiger partial charge < -0.3 is 11.5 Å². The van der Waals surface area contributed by atoms with E-state index in [0.717, 1.165) is 32.4 Å². The molecule has 90 valence electrons. The highest BCUT2D eigenvalue weighted by Gasteiger charge is 2.09. The zero-order valence-electron chi connectivity index (χ0n) is 10.7. The second-order valence-electron chi connectivity index (χ2n) is 4.23. The summed E-state index contributed by atoms with van der Waals surface area (Å²) < 4.78 is 0. The van der Waals surface area contributed by atoms with Crippen LogP contribution in [0.4, 0.5) is 0 Å². The van der Waals surface area contributed by atoms with Gasteiger partial charge in [0, 0.05) is 10.8 Å². The van der Waals surface area contributed by atoms with Crippen LogP contribution in [0.2, 0.25) is 0 Å². The number of nitrogens with two attached hydrogens (primary N) is 2. The first-order chi connectivity index (χ1) is 7.82. The summed E-state index contributed by atoms with van der Waals surface area (Å²) in [7, 11) is 2.67. The number of hydrogen-bond donors (Lipinski definition) is 2. The Bertz CT molecular complexity index is 597. The van der Waals surface area contributed by atoms with Crippen LogP contribution in [0.15, 0.2) is 0 Å². The molecule has 0 amide bonds. The topological polar surface area (TPSA) is 75.8 Å². The van der Waals surface area contributed by atoms with Crippen molar-refractivity contribution in [3.63, 3.8) is 0 Å². The Morgan fingerprint density at radius 1 is 1.06 bits per heavy atom. The molecule has 1 rings (SSSR count). The van der Waals surface area contributed by atoms with E-state index in [2.05, 4.69) is 15.3 Å². The fourth-order valence-electron chi connectivity index (χ4n) is 2.17. The second kappa shape index (κ2) is 4.77. The van der Waals surface area contributed by atoms with E-state index in [-0.39, 0.29) is 0 Å². The Kier molecular flexibility index (Phi) is 3.80. The van der Waals surface area contributed by atoms with Crippen LogP contribution >= 0.6 is 9.24 Å². The zero-order valence-corrected chi connectivity index (χ0v) is 11.8. The Hall–Kier alpha value is -1.52. The highest BCUT2D eigenvalue weighted by molar-refractivity contribution is 7.27. The van der Waals surface area contributed by atoms with E-state index in [1.807, 2.05) is 27.7 Å². The van der Waals surface area contributed by atoms with Gasteiger partial charge in [-0.25, -0.2) is 0 Å². The van der Waals surface area contributed by atoms with Crippen LogP contribution in [-0.2, 0) is 0 Å². The van der Waals surface area contributed by atoms with Gasteiger partial charge in [-0.1, -0.05) is 0 Å². The summed E-state index contributed by atoms with van der Waals surface area (Å²) in [6.07, 6.45) is 0. The molecule has 4 N–H and O–H groups in total. The monoisotopic (exact) mass is 247 g/mol. The molecule has 0 saturated heterocycles. The highest BCUT2D eigenvalue weighted by atomic mass is 31.0. The lowest BCUT2D eigenvalue weighted by molar-refractivity contribution is 1.22. The molecule has 0 radical (unpaired) electrons. The SMILES string of the molecule is C/C(C#N)=c1\c(C)c(C)c(=C(N)N)c(P)c1C. The van der Waals surface area contributed by atoms with E-state index in [4.69, 9.17) is 16.7 Å². The third kappa shape index (κ3) is 2.14. The van der Waals surface area contributed by atoms with Crippen LogP contribution in [0.3, 0.4) is 0 Å². The molecule has 0 fully saturated rings. The van der Waals surface area contributed by atoms with E-state index in [1.54, 1.807) is 0 Å². The first kappa shape index (κ1) is 13.5. The summed E-state index contributed by atoms with van der Waals surface area (Å²) in [5.41, 5.74) is 15.3. The minimum atomic E-state index is 0.319. The summed E-state index contributed by atoms with van der Waals surface area (Å²) in [4.78, 5) is 0. The molecule has 1 aromatic rings. The average molecular weight is 247 g/mol. The van der Waals surface area contributed by atoms with Gasteiger partial charge in [-0.2, -0.15) is 5.26 Å². The molecule has 0 bridgehead atoms. The molecule has 4 heteroatoms. The van der Waals surface area contributed by atoms with Gasteiger partial charge in [0.1, 0.15) is 5.82 Å². The Labute approximate surface area is 104 Å². The van der Waals surface area contributed by atoms with Crippen LogP contribution < -0.4 is 27.2 Å². The molecule has 0 aliphatic heterocycles. The molecule has 0 saturated carbocycles.